The maximum Gasteiger partial charge on any atom is 0.125 e. The number of nitrogens with one attached hydrogen (secondary N) is 1. The van der Waals surface area contributed by atoms with E-state index in [1.54, 1.807) is 24.3 Å². The van der Waals surface area contributed by atoms with Crippen LogP contribution in [-0.4, -0.2) is 11.7 Å². The Bertz CT molecular complexity index is 637. The Morgan fingerprint density at radius 2 is 1.95 bits per heavy atom. The molecule has 0 radical (unpaired) electrons. The summed E-state index contributed by atoms with van der Waals surface area (Å²) in [5.74, 6) is -0.398. The molecule has 0 aromatic heterocycles. The molecular formula is C15H12ClFN2O. The van der Waals surface area contributed by atoms with E-state index in [1.807, 2.05) is 6.07 Å². The highest BCUT2D eigenvalue weighted by Gasteiger charge is 2.09. The van der Waals surface area contributed by atoms with Gasteiger partial charge in [-0.3, -0.25) is 0 Å². The van der Waals surface area contributed by atoms with Crippen LogP contribution in [0.1, 0.15) is 17.2 Å². The molecule has 1 atom stereocenters. The van der Waals surface area contributed by atoms with E-state index in [9.17, 15) is 9.50 Å². The molecule has 0 saturated carbocycles. The van der Waals surface area contributed by atoms with Crippen molar-refractivity contribution in [2.45, 2.75) is 6.10 Å². The lowest BCUT2D eigenvalue weighted by Crippen LogP contribution is -2.12. The molecule has 0 saturated heterocycles. The van der Waals surface area contributed by atoms with Crippen molar-refractivity contribution >= 4 is 17.3 Å². The van der Waals surface area contributed by atoms with Crippen molar-refractivity contribution in [2.24, 2.45) is 0 Å². The minimum Gasteiger partial charge on any atom is -0.387 e. The first-order chi connectivity index (χ1) is 9.60. The van der Waals surface area contributed by atoms with E-state index in [0.29, 0.717) is 21.8 Å². The maximum absolute atomic E-state index is 13.1. The summed E-state index contributed by atoms with van der Waals surface area (Å²) < 4.78 is 13.1. The number of hydrogen-bond donors (Lipinski definition) is 2. The van der Waals surface area contributed by atoms with Crippen molar-refractivity contribution in [3.05, 3.63) is 64.4 Å². The van der Waals surface area contributed by atoms with Gasteiger partial charge < -0.3 is 10.4 Å². The molecule has 2 N–H and O–H groups in total. The third-order valence-corrected chi connectivity index (χ3v) is 3.17. The fourth-order valence-electron chi connectivity index (χ4n) is 1.74. The second kappa shape index (κ2) is 6.38. The highest BCUT2D eigenvalue weighted by molar-refractivity contribution is 6.33. The molecule has 2 aromatic carbocycles. The molecule has 0 bridgehead atoms. The van der Waals surface area contributed by atoms with Crippen molar-refractivity contribution < 1.29 is 9.50 Å². The zero-order chi connectivity index (χ0) is 14.5. The third kappa shape index (κ3) is 3.47. The van der Waals surface area contributed by atoms with Gasteiger partial charge in [0.05, 0.1) is 28.4 Å². The summed E-state index contributed by atoms with van der Waals surface area (Å²) in [6.45, 7) is 0.190. The number of hydrogen-bond acceptors (Lipinski definition) is 3. The van der Waals surface area contributed by atoms with Crippen LogP contribution in [0.4, 0.5) is 10.1 Å². The van der Waals surface area contributed by atoms with Gasteiger partial charge in [-0.25, -0.2) is 4.39 Å². The predicted molar refractivity (Wildman–Crippen MR) is 76.0 cm³/mol. The van der Waals surface area contributed by atoms with E-state index in [-0.39, 0.29) is 6.54 Å². The average Bonchev–Trinajstić information content (AvgIpc) is 2.48. The molecule has 102 valence electrons. The number of rotatable bonds is 4. The highest BCUT2D eigenvalue weighted by Crippen LogP contribution is 2.23. The Morgan fingerprint density at radius 1 is 1.25 bits per heavy atom. The fraction of sp³-hybridized carbons (Fsp3) is 0.133. The van der Waals surface area contributed by atoms with Gasteiger partial charge in [0.2, 0.25) is 0 Å². The standard InChI is InChI=1S/C15H12ClFN2O/c16-13-6-5-12(17)7-14(13)19-9-15(20)11-3-1-10(8-18)2-4-11/h1-7,15,19-20H,9H2. The highest BCUT2D eigenvalue weighted by atomic mass is 35.5. The van der Waals surface area contributed by atoms with Gasteiger partial charge in [0.1, 0.15) is 5.82 Å². The first kappa shape index (κ1) is 14.3. The van der Waals surface area contributed by atoms with Crippen LogP contribution in [0, 0.1) is 17.1 Å². The lowest BCUT2D eigenvalue weighted by atomic mass is 10.1. The van der Waals surface area contributed by atoms with E-state index >= 15 is 0 Å². The maximum atomic E-state index is 13.1. The Hall–Kier alpha value is -2.09. The van der Waals surface area contributed by atoms with Crippen molar-refractivity contribution in [2.75, 3.05) is 11.9 Å². The average molecular weight is 291 g/mol. The van der Waals surface area contributed by atoms with Crippen LogP contribution in [0.3, 0.4) is 0 Å². The quantitative estimate of drug-likeness (QED) is 0.906. The number of aliphatic hydroxyl groups excluding tert-OH is 1. The molecule has 2 rings (SSSR count). The smallest absolute Gasteiger partial charge is 0.125 e. The number of nitriles is 1. The topological polar surface area (TPSA) is 56.0 Å². The zero-order valence-electron chi connectivity index (χ0n) is 10.5. The summed E-state index contributed by atoms with van der Waals surface area (Å²) in [4.78, 5) is 0. The Morgan fingerprint density at radius 3 is 2.60 bits per heavy atom. The van der Waals surface area contributed by atoms with E-state index in [2.05, 4.69) is 5.32 Å². The number of benzene rings is 2. The van der Waals surface area contributed by atoms with Crippen LogP contribution in [-0.2, 0) is 0 Å². The lowest BCUT2D eigenvalue weighted by molar-refractivity contribution is 0.191. The molecule has 0 amide bonds. The molecule has 1 unspecified atom stereocenters. The molecule has 0 fully saturated rings. The molecular weight excluding hydrogens is 279 g/mol. The fourth-order valence-corrected chi connectivity index (χ4v) is 1.92. The first-order valence-corrected chi connectivity index (χ1v) is 6.35. The largest absolute Gasteiger partial charge is 0.387 e. The van der Waals surface area contributed by atoms with Crippen molar-refractivity contribution in [1.29, 1.82) is 5.26 Å². The van der Waals surface area contributed by atoms with Crippen LogP contribution >= 0.6 is 11.6 Å². The number of anilines is 1. The normalized spacial score (nSPS) is 11.7. The van der Waals surface area contributed by atoms with Gasteiger partial charge in [0, 0.05) is 6.54 Å². The number of aliphatic hydroxyl groups is 1. The molecule has 3 nitrogen and oxygen atoms in total. The van der Waals surface area contributed by atoms with E-state index in [0.717, 1.165) is 0 Å². The van der Waals surface area contributed by atoms with Gasteiger partial charge in [-0.2, -0.15) is 5.26 Å². The molecule has 5 heteroatoms. The van der Waals surface area contributed by atoms with Gasteiger partial charge >= 0.3 is 0 Å². The Balaban J connectivity index is 2.02. The third-order valence-electron chi connectivity index (χ3n) is 2.84. The summed E-state index contributed by atoms with van der Waals surface area (Å²) in [7, 11) is 0. The molecule has 0 aliphatic rings. The van der Waals surface area contributed by atoms with Crippen LogP contribution in [0.15, 0.2) is 42.5 Å². The molecule has 0 spiro atoms. The minimum atomic E-state index is -0.776. The minimum absolute atomic E-state index is 0.190. The summed E-state index contributed by atoms with van der Waals surface area (Å²) in [5, 5.41) is 22.0. The van der Waals surface area contributed by atoms with Gasteiger partial charge in [-0.05, 0) is 35.9 Å². The van der Waals surface area contributed by atoms with Crippen LogP contribution < -0.4 is 5.32 Å². The predicted octanol–water partition coefficient (Wildman–Crippen LogP) is 3.50. The van der Waals surface area contributed by atoms with Crippen molar-refractivity contribution in [3.63, 3.8) is 0 Å². The monoisotopic (exact) mass is 290 g/mol. The van der Waals surface area contributed by atoms with Crippen molar-refractivity contribution in [1.82, 2.24) is 0 Å². The molecule has 0 heterocycles. The second-order valence-corrected chi connectivity index (χ2v) is 4.66. The van der Waals surface area contributed by atoms with Gasteiger partial charge in [-0.1, -0.05) is 23.7 Å². The second-order valence-electron chi connectivity index (χ2n) is 4.25. The van der Waals surface area contributed by atoms with E-state index < -0.39 is 11.9 Å². The summed E-state index contributed by atoms with van der Waals surface area (Å²) in [6, 6.07) is 12.6. The van der Waals surface area contributed by atoms with Crippen LogP contribution in [0.2, 0.25) is 5.02 Å². The summed E-state index contributed by atoms with van der Waals surface area (Å²) >= 11 is 5.92. The van der Waals surface area contributed by atoms with Gasteiger partial charge in [0.25, 0.3) is 0 Å². The number of halogens is 2. The van der Waals surface area contributed by atoms with Crippen molar-refractivity contribution in [3.8, 4) is 6.07 Å². The molecule has 0 aliphatic heterocycles. The Labute approximate surface area is 121 Å². The van der Waals surface area contributed by atoms with Crippen LogP contribution in [0.5, 0.6) is 0 Å². The zero-order valence-corrected chi connectivity index (χ0v) is 11.2. The SMILES string of the molecule is N#Cc1ccc(C(O)CNc2cc(F)ccc2Cl)cc1. The summed E-state index contributed by atoms with van der Waals surface area (Å²) in [6.07, 6.45) is -0.776. The van der Waals surface area contributed by atoms with Gasteiger partial charge in [-0.15, -0.1) is 0 Å². The van der Waals surface area contributed by atoms with Crippen LogP contribution in [0.25, 0.3) is 0 Å². The molecule has 2 aromatic rings. The Kier molecular flexibility index (Phi) is 4.57. The van der Waals surface area contributed by atoms with E-state index in [4.69, 9.17) is 16.9 Å². The summed E-state index contributed by atoms with van der Waals surface area (Å²) in [5.41, 5.74) is 1.63. The first-order valence-electron chi connectivity index (χ1n) is 5.97. The number of nitrogens with zero attached hydrogens (tertiary/aromatic N) is 1. The van der Waals surface area contributed by atoms with Gasteiger partial charge in [0.15, 0.2) is 0 Å². The lowest BCUT2D eigenvalue weighted by Gasteiger charge is -2.14. The molecule has 20 heavy (non-hydrogen) atoms. The van der Waals surface area contributed by atoms with E-state index in [1.165, 1.54) is 18.2 Å². The molecule has 0 aliphatic carbocycles.